The number of amides is 1. The van der Waals surface area contributed by atoms with Gasteiger partial charge in [0.15, 0.2) is 0 Å². The van der Waals surface area contributed by atoms with Crippen LogP contribution < -0.4 is 5.73 Å². The minimum atomic E-state index is -1.09. The summed E-state index contributed by atoms with van der Waals surface area (Å²) < 4.78 is 0. The third-order valence-electron chi connectivity index (χ3n) is 3.52. The van der Waals surface area contributed by atoms with Gasteiger partial charge in [-0.1, -0.05) is 6.07 Å². The van der Waals surface area contributed by atoms with Crippen molar-refractivity contribution >= 4 is 41.5 Å². The van der Waals surface area contributed by atoms with E-state index in [1.165, 1.54) is 16.7 Å². The summed E-state index contributed by atoms with van der Waals surface area (Å²) in [5.41, 5.74) is 6.83. The Kier molecular flexibility index (Phi) is 4.74. The third-order valence-corrected chi connectivity index (χ3v) is 6.05. The number of thioether (sulfide) groups is 2. The zero-order chi connectivity index (χ0) is 16.4. The van der Waals surface area contributed by atoms with Gasteiger partial charge < -0.3 is 10.8 Å². The Morgan fingerprint density at radius 1 is 1.57 bits per heavy atom. The molecule has 1 aromatic rings. The Bertz CT molecular complexity index is 678. The van der Waals surface area contributed by atoms with Gasteiger partial charge in [-0.25, -0.2) is 4.79 Å². The van der Waals surface area contributed by atoms with E-state index in [1.807, 2.05) is 23.6 Å². The van der Waals surface area contributed by atoms with Crippen LogP contribution in [0.15, 0.2) is 41.7 Å². The van der Waals surface area contributed by atoms with E-state index in [1.54, 1.807) is 30.2 Å². The number of hydrogen-bond acceptors (Lipinski definition) is 6. The van der Waals surface area contributed by atoms with Gasteiger partial charge in [0.05, 0.1) is 0 Å². The summed E-state index contributed by atoms with van der Waals surface area (Å²) in [5.74, 6) is -0.695. The zero-order valence-corrected chi connectivity index (χ0v) is 13.7. The van der Waals surface area contributed by atoms with Crippen molar-refractivity contribution in [2.45, 2.75) is 16.7 Å². The maximum atomic E-state index is 11.7. The maximum absolute atomic E-state index is 11.7. The highest BCUT2D eigenvalue weighted by Crippen LogP contribution is 2.41. The number of pyridine rings is 1. The Labute approximate surface area is 141 Å². The Balaban J connectivity index is 1.62. The number of nitrogens with two attached hydrogens (primary N) is 1. The summed E-state index contributed by atoms with van der Waals surface area (Å²) in [6.07, 6.45) is 7.08. The second-order valence-corrected chi connectivity index (χ2v) is 7.38. The molecule has 0 spiro atoms. The molecular weight excluding hydrogens is 334 g/mol. The van der Waals surface area contributed by atoms with Gasteiger partial charge in [0.1, 0.15) is 17.1 Å². The molecule has 3 heterocycles. The first-order valence-electron chi connectivity index (χ1n) is 6.95. The largest absolute Gasteiger partial charge is 0.477 e. The van der Waals surface area contributed by atoms with Crippen molar-refractivity contribution in [1.29, 1.82) is 0 Å². The molecule has 1 amide bonds. The summed E-state index contributed by atoms with van der Waals surface area (Å²) in [7, 11) is 0. The molecule has 23 heavy (non-hydrogen) atoms. The number of carboxylic acids is 1. The molecule has 3 unspecified atom stereocenters. The SMILES string of the molecule is NC1C(=O)N2C(C(=O)O)=CC(CS/C=C\c3cccnc3)SC12. The van der Waals surface area contributed by atoms with Crippen LogP contribution in [0.1, 0.15) is 5.56 Å². The lowest BCUT2D eigenvalue weighted by Gasteiger charge is -2.48. The number of hydrogen-bond donors (Lipinski definition) is 2. The standard InChI is InChI=1S/C15H15N3O3S2/c16-12-13(19)18-11(15(20)21)6-10(23-14(12)18)8-22-5-3-9-2-1-4-17-7-9/h1-7,10,12,14H,8,16H2,(H,20,21)/b5-3-. The Hall–Kier alpha value is -1.77. The van der Waals surface area contributed by atoms with Crippen molar-refractivity contribution in [1.82, 2.24) is 9.88 Å². The molecule has 3 rings (SSSR count). The van der Waals surface area contributed by atoms with Crippen LogP contribution in [-0.2, 0) is 9.59 Å². The zero-order valence-electron chi connectivity index (χ0n) is 12.0. The van der Waals surface area contributed by atoms with Gasteiger partial charge in [0.2, 0.25) is 5.91 Å². The first-order chi connectivity index (χ1) is 11.1. The van der Waals surface area contributed by atoms with E-state index in [9.17, 15) is 14.7 Å². The number of β-lactam (4-membered cyclic amide) rings is 1. The number of nitrogens with zero attached hydrogens (tertiary/aromatic N) is 2. The van der Waals surface area contributed by atoms with Crippen LogP contribution in [0.4, 0.5) is 0 Å². The molecule has 8 heteroatoms. The molecule has 0 aromatic carbocycles. The van der Waals surface area contributed by atoms with Crippen molar-refractivity contribution < 1.29 is 14.7 Å². The van der Waals surface area contributed by atoms with Crippen LogP contribution in [0, 0.1) is 0 Å². The van der Waals surface area contributed by atoms with Crippen LogP contribution >= 0.6 is 23.5 Å². The summed E-state index contributed by atoms with van der Waals surface area (Å²) >= 11 is 3.12. The first-order valence-corrected chi connectivity index (χ1v) is 8.94. The molecular formula is C15H15N3O3S2. The van der Waals surface area contributed by atoms with Gasteiger partial charge in [0.25, 0.3) is 0 Å². The van der Waals surface area contributed by atoms with Crippen LogP contribution in [0.3, 0.4) is 0 Å². The lowest BCUT2D eigenvalue weighted by atomic mass is 10.1. The average molecular weight is 349 g/mol. The number of aliphatic carboxylic acids is 1. The molecule has 3 atom stereocenters. The van der Waals surface area contributed by atoms with E-state index in [0.717, 1.165) is 5.56 Å². The number of fused-ring (bicyclic) bond motifs is 1. The van der Waals surface area contributed by atoms with Gasteiger partial charge in [0, 0.05) is 23.4 Å². The molecule has 2 aliphatic rings. The topological polar surface area (TPSA) is 96.5 Å². The molecule has 0 bridgehead atoms. The second-order valence-electron chi connectivity index (χ2n) is 5.08. The summed E-state index contributed by atoms with van der Waals surface area (Å²) in [6, 6.07) is 3.22. The van der Waals surface area contributed by atoms with E-state index >= 15 is 0 Å². The molecule has 0 aliphatic carbocycles. The number of rotatable bonds is 5. The molecule has 6 nitrogen and oxygen atoms in total. The monoisotopic (exact) mass is 349 g/mol. The van der Waals surface area contributed by atoms with Gasteiger partial charge in [-0.05, 0) is 29.2 Å². The molecule has 2 aliphatic heterocycles. The van der Waals surface area contributed by atoms with E-state index in [-0.39, 0.29) is 22.2 Å². The number of carbonyl (C=O) groups excluding carboxylic acids is 1. The molecule has 1 aromatic heterocycles. The smallest absolute Gasteiger partial charge is 0.352 e. The number of carbonyl (C=O) groups is 2. The number of carboxylic acid groups (broad SMARTS) is 1. The summed E-state index contributed by atoms with van der Waals surface area (Å²) in [6.45, 7) is 0. The fourth-order valence-corrected chi connectivity index (χ4v) is 4.77. The molecule has 1 saturated heterocycles. The van der Waals surface area contributed by atoms with Crippen molar-refractivity contribution in [2.24, 2.45) is 5.73 Å². The predicted octanol–water partition coefficient (Wildman–Crippen LogP) is 1.36. The van der Waals surface area contributed by atoms with Gasteiger partial charge in [-0.2, -0.15) is 0 Å². The van der Waals surface area contributed by atoms with Gasteiger partial charge >= 0.3 is 5.97 Å². The molecule has 0 saturated carbocycles. The Morgan fingerprint density at radius 2 is 2.39 bits per heavy atom. The van der Waals surface area contributed by atoms with E-state index in [0.29, 0.717) is 5.75 Å². The van der Waals surface area contributed by atoms with Crippen molar-refractivity contribution in [3.63, 3.8) is 0 Å². The summed E-state index contributed by atoms with van der Waals surface area (Å²) in [4.78, 5) is 28.3. The van der Waals surface area contributed by atoms with Crippen LogP contribution in [0.25, 0.3) is 6.08 Å². The van der Waals surface area contributed by atoms with Crippen LogP contribution in [0.5, 0.6) is 0 Å². The minimum Gasteiger partial charge on any atom is -0.477 e. The second kappa shape index (κ2) is 6.77. The van der Waals surface area contributed by atoms with Crippen molar-refractivity contribution in [2.75, 3.05) is 5.75 Å². The highest BCUT2D eigenvalue weighted by molar-refractivity contribution is 8.05. The average Bonchev–Trinajstić information content (AvgIpc) is 2.58. The lowest BCUT2D eigenvalue weighted by Crippen LogP contribution is -2.68. The van der Waals surface area contributed by atoms with E-state index in [2.05, 4.69) is 4.98 Å². The molecule has 3 N–H and O–H groups in total. The Morgan fingerprint density at radius 3 is 3.09 bits per heavy atom. The normalized spacial score (nSPS) is 26.7. The first kappa shape index (κ1) is 16.1. The van der Waals surface area contributed by atoms with Gasteiger partial charge in [-0.15, -0.1) is 23.5 Å². The fourth-order valence-electron chi connectivity index (χ4n) is 2.38. The molecule has 120 valence electrons. The molecule has 0 radical (unpaired) electrons. The van der Waals surface area contributed by atoms with Crippen LogP contribution in [0.2, 0.25) is 0 Å². The van der Waals surface area contributed by atoms with Crippen molar-refractivity contribution in [3.05, 3.63) is 47.3 Å². The minimum absolute atomic E-state index is 0.00467. The maximum Gasteiger partial charge on any atom is 0.352 e. The fraction of sp³-hybridized carbons (Fsp3) is 0.267. The highest BCUT2D eigenvalue weighted by Gasteiger charge is 2.51. The van der Waals surface area contributed by atoms with E-state index < -0.39 is 12.0 Å². The van der Waals surface area contributed by atoms with Gasteiger partial charge in [-0.3, -0.25) is 14.7 Å². The van der Waals surface area contributed by atoms with Crippen LogP contribution in [-0.4, -0.2) is 49.3 Å². The van der Waals surface area contributed by atoms with Crippen molar-refractivity contribution in [3.8, 4) is 0 Å². The summed E-state index contributed by atoms with van der Waals surface area (Å²) in [5, 5.41) is 11.0. The number of aromatic nitrogens is 1. The third kappa shape index (κ3) is 3.29. The molecule has 1 fully saturated rings. The quantitative estimate of drug-likeness (QED) is 0.775. The lowest BCUT2D eigenvalue weighted by molar-refractivity contribution is -0.147. The highest BCUT2D eigenvalue weighted by atomic mass is 32.2. The predicted molar refractivity (Wildman–Crippen MR) is 91.4 cm³/mol. The van der Waals surface area contributed by atoms with E-state index in [4.69, 9.17) is 5.73 Å².